The van der Waals surface area contributed by atoms with Gasteiger partial charge in [-0.2, -0.15) is 0 Å². The van der Waals surface area contributed by atoms with Crippen molar-refractivity contribution >= 4 is 27.6 Å². The normalized spacial score (nSPS) is 13.1. The number of aromatic nitrogens is 3. The summed E-state index contributed by atoms with van der Waals surface area (Å²) in [5.74, 6) is 1.07. The molecule has 3 heteroatoms. The van der Waals surface area contributed by atoms with E-state index >= 15 is 0 Å². The van der Waals surface area contributed by atoms with Gasteiger partial charge in [0.15, 0.2) is 0 Å². The molecule has 0 fully saturated rings. The van der Waals surface area contributed by atoms with Gasteiger partial charge in [0.25, 0.3) is 0 Å². The molecule has 0 atom stereocenters. The fourth-order valence-electron chi connectivity index (χ4n) is 4.13. The van der Waals surface area contributed by atoms with Crippen molar-refractivity contribution in [2.24, 2.45) is 0 Å². The van der Waals surface area contributed by atoms with Crippen molar-refractivity contribution in [1.29, 1.82) is 0 Å². The molecule has 2 aromatic carbocycles. The lowest BCUT2D eigenvalue weighted by Gasteiger charge is -2.24. The summed E-state index contributed by atoms with van der Waals surface area (Å²) in [4.78, 5) is 10.4. The monoisotopic (exact) mass is 387 g/mol. The van der Waals surface area contributed by atoms with Crippen LogP contribution in [0, 0.1) is 13.8 Å². The number of aryl methyl sites for hydroxylation is 3. The Morgan fingerprint density at radius 3 is 2.03 bits per heavy atom. The first-order valence-electron chi connectivity index (χ1n) is 10.7. The van der Waals surface area contributed by atoms with Crippen molar-refractivity contribution in [2.75, 3.05) is 0 Å². The van der Waals surface area contributed by atoms with Crippen molar-refractivity contribution in [3.8, 4) is 0 Å². The molecule has 2 aromatic heterocycles. The fourth-order valence-corrected chi connectivity index (χ4v) is 4.13. The van der Waals surface area contributed by atoms with Gasteiger partial charge in [-0.3, -0.25) is 4.40 Å². The van der Waals surface area contributed by atoms with Crippen LogP contribution in [0.2, 0.25) is 0 Å². The molecule has 0 amide bonds. The summed E-state index contributed by atoms with van der Waals surface area (Å²) in [5.41, 5.74) is 9.53. The van der Waals surface area contributed by atoms with Crippen LogP contribution in [0.4, 0.5) is 0 Å². The Labute approximate surface area is 174 Å². The number of fused-ring (bicyclic) bond motifs is 5. The first kappa shape index (κ1) is 19.9. The van der Waals surface area contributed by atoms with E-state index in [4.69, 9.17) is 9.97 Å². The van der Waals surface area contributed by atoms with Crippen LogP contribution in [0.25, 0.3) is 27.6 Å². The fraction of sp³-hybridized carbons (Fsp3) is 0.462. The predicted octanol–water partition coefficient (Wildman–Crippen LogP) is 6.81. The molecule has 0 unspecified atom stereocenters. The summed E-state index contributed by atoms with van der Waals surface area (Å²) < 4.78 is 2.31. The Kier molecular flexibility index (Phi) is 4.31. The van der Waals surface area contributed by atoms with Crippen LogP contribution >= 0.6 is 0 Å². The Morgan fingerprint density at radius 2 is 1.45 bits per heavy atom. The summed E-state index contributed by atoms with van der Waals surface area (Å²) in [6, 6.07) is 9.11. The number of imidazole rings is 1. The maximum absolute atomic E-state index is 5.25. The predicted molar refractivity (Wildman–Crippen MR) is 124 cm³/mol. The molecule has 2 heterocycles. The smallest absolute Gasteiger partial charge is 0.149 e. The molecule has 0 saturated heterocycles. The topological polar surface area (TPSA) is 30.2 Å². The second-order valence-corrected chi connectivity index (χ2v) is 10.5. The quantitative estimate of drug-likeness (QED) is 0.359. The zero-order valence-corrected chi connectivity index (χ0v) is 19.4. The van der Waals surface area contributed by atoms with E-state index in [0.717, 1.165) is 34.4 Å². The van der Waals surface area contributed by atoms with Crippen molar-refractivity contribution in [1.82, 2.24) is 14.4 Å². The summed E-state index contributed by atoms with van der Waals surface area (Å²) in [5, 5.41) is 1.19. The van der Waals surface area contributed by atoms with Crippen molar-refractivity contribution < 1.29 is 0 Å². The molecule has 152 valence electrons. The van der Waals surface area contributed by atoms with Gasteiger partial charge in [-0.1, -0.05) is 54.5 Å². The molecule has 0 aliphatic heterocycles. The minimum absolute atomic E-state index is 0.0855. The lowest BCUT2D eigenvalue weighted by molar-refractivity contribution is 0.542. The number of hydrogen-bond acceptors (Lipinski definition) is 2. The molecule has 3 nitrogen and oxygen atoms in total. The van der Waals surface area contributed by atoms with E-state index in [1.165, 1.54) is 27.6 Å². The van der Waals surface area contributed by atoms with E-state index in [2.05, 4.69) is 91.0 Å². The third-order valence-corrected chi connectivity index (χ3v) is 6.05. The third kappa shape index (κ3) is 3.11. The lowest BCUT2D eigenvalue weighted by Crippen LogP contribution is -2.20. The summed E-state index contributed by atoms with van der Waals surface area (Å²) in [6.07, 6.45) is 0.966. The minimum Gasteiger partial charge on any atom is -0.279 e. The third-order valence-electron chi connectivity index (χ3n) is 6.05. The maximum atomic E-state index is 5.25. The highest BCUT2D eigenvalue weighted by molar-refractivity contribution is 5.99. The molecule has 0 saturated carbocycles. The zero-order chi connectivity index (χ0) is 21.3. The largest absolute Gasteiger partial charge is 0.279 e. The molecule has 0 bridgehead atoms. The molecule has 0 radical (unpaired) electrons. The molecule has 0 aliphatic carbocycles. The van der Waals surface area contributed by atoms with Gasteiger partial charge in [0.1, 0.15) is 11.5 Å². The van der Waals surface area contributed by atoms with Crippen LogP contribution in [-0.4, -0.2) is 14.4 Å². The molecule has 0 aliphatic rings. The second kappa shape index (κ2) is 6.29. The summed E-state index contributed by atoms with van der Waals surface area (Å²) >= 11 is 0. The lowest BCUT2D eigenvalue weighted by atomic mass is 9.84. The minimum atomic E-state index is -0.0943. The van der Waals surface area contributed by atoms with E-state index < -0.39 is 0 Å². The zero-order valence-electron chi connectivity index (χ0n) is 19.4. The van der Waals surface area contributed by atoms with Gasteiger partial charge in [0.05, 0.1) is 16.6 Å². The van der Waals surface area contributed by atoms with Gasteiger partial charge in [0, 0.05) is 10.8 Å². The van der Waals surface area contributed by atoms with Gasteiger partial charge in [-0.25, -0.2) is 9.97 Å². The van der Waals surface area contributed by atoms with Crippen molar-refractivity contribution in [2.45, 2.75) is 79.6 Å². The Balaban J connectivity index is 2.28. The number of benzene rings is 2. The van der Waals surface area contributed by atoms with E-state index in [-0.39, 0.29) is 10.8 Å². The second-order valence-electron chi connectivity index (χ2n) is 10.5. The number of hydrogen-bond donors (Lipinski definition) is 0. The van der Waals surface area contributed by atoms with E-state index in [1.807, 2.05) is 0 Å². The molecular formula is C26H33N3. The van der Waals surface area contributed by atoms with Crippen molar-refractivity contribution in [3.63, 3.8) is 0 Å². The highest BCUT2D eigenvalue weighted by Gasteiger charge is 2.26. The summed E-state index contributed by atoms with van der Waals surface area (Å²) in [6.45, 7) is 20.1. The van der Waals surface area contributed by atoms with E-state index in [1.54, 1.807) is 0 Å². The van der Waals surface area contributed by atoms with Gasteiger partial charge < -0.3 is 0 Å². The number of nitrogens with zero attached hydrogens (tertiary/aromatic N) is 3. The Hall–Kier alpha value is -2.42. The van der Waals surface area contributed by atoms with Crippen molar-refractivity contribution in [3.05, 3.63) is 52.3 Å². The molecule has 4 rings (SSSR count). The van der Waals surface area contributed by atoms with E-state index in [0.29, 0.717) is 0 Å². The van der Waals surface area contributed by atoms with E-state index in [9.17, 15) is 0 Å². The molecule has 29 heavy (non-hydrogen) atoms. The molecule has 0 N–H and O–H groups in total. The average molecular weight is 388 g/mol. The summed E-state index contributed by atoms with van der Waals surface area (Å²) in [7, 11) is 0. The Bertz CT molecular complexity index is 1260. The molecule has 4 aromatic rings. The van der Waals surface area contributed by atoms with Gasteiger partial charge in [0.2, 0.25) is 0 Å². The van der Waals surface area contributed by atoms with Crippen LogP contribution < -0.4 is 0 Å². The van der Waals surface area contributed by atoms with Crippen LogP contribution in [-0.2, 0) is 17.3 Å². The SMILES string of the molecule is CCc1cc(C(C)(C)C)cc2nc(C(C)(C)C)n3c4cc(C)c(C)cc4nc3c12. The first-order chi connectivity index (χ1) is 13.4. The maximum Gasteiger partial charge on any atom is 0.149 e. The highest BCUT2D eigenvalue weighted by atomic mass is 15.1. The first-order valence-corrected chi connectivity index (χ1v) is 10.7. The van der Waals surface area contributed by atoms with Crippen LogP contribution in [0.3, 0.4) is 0 Å². The van der Waals surface area contributed by atoms with Crippen LogP contribution in [0.5, 0.6) is 0 Å². The van der Waals surface area contributed by atoms with Crippen LogP contribution in [0.15, 0.2) is 24.3 Å². The van der Waals surface area contributed by atoms with Gasteiger partial charge >= 0.3 is 0 Å². The molecule has 0 spiro atoms. The van der Waals surface area contributed by atoms with Crippen LogP contribution in [0.1, 0.15) is 76.5 Å². The number of rotatable bonds is 1. The average Bonchev–Trinajstić information content (AvgIpc) is 2.96. The molecular weight excluding hydrogens is 354 g/mol. The standard InChI is InChI=1S/C26H33N3/c1-10-17-13-18(25(4,5)6)14-20-22(17)23-27-19-11-15(2)16(3)12-21(19)29(23)24(28-20)26(7,8)9/h11-14H,10H2,1-9H3. The van der Waals surface area contributed by atoms with Gasteiger partial charge in [-0.05, 0) is 66.1 Å². The highest BCUT2D eigenvalue weighted by Crippen LogP contribution is 2.35. The van der Waals surface area contributed by atoms with Gasteiger partial charge in [-0.15, -0.1) is 0 Å². The Morgan fingerprint density at radius 1 is 0.793 bits per heavy atom.